The summed E-state index contributed by atoms with van der Waals surface area (Å²) in [5.74, 6) is -1.33. The first-order valence-corrected chi connectivity index (χ1v) is 12.7. The zero-order chi connectivity index (χ0) is 26.7. The monoisotopic (exact) mass is 498 g/mol. The Morgan fingerprint density at radius 3 is 2.38 bits per heavy atom. The van der Waals surface area contributed by atoms with E-state index in [1.807, 2.05) is 36.4 Å². The molecule has 192 valence electrons. The molecule has 4 rings (SSSR count). The van der Waals surface area contributed by atoms with E-state index in [-0.39, 0.29) is 16.7 Å². The lowest BCUT2D eigenvalue weighted by Gasteiger charge is -2.25. The molecule has 1 aliphatic rings. The van der Waals surface area contributed by atoms with Crippen LogP contribution in [0.2, 0.25) is 0 Å². The first kappa shape index (κ1) is 26.1. The first-order chi connectivity index (χ1) is 17.7. The van der Waals surface area contributed by atoms with Gasteiger partial charge in [-0.05, 0) is 65.8 Å². The van der Waals surface area contributed by atoms with Crippen LogP contribution in [0.5, 0.6) is 5.75 Å². The number of benzene rings is 2. The third-order valence-electron chi connectivity index (χ3n) is 6.77. The van der Waals surface area contributed by atoms with Crippen LogP contribution in [0.3, 0.4) is 0 Å². The number of aliphatic hydroxyl groups is 1. The molecule has 1 aliphatic heterocycles. The van der Waals surface area contributed by atoms with Crippen molar-refractivity contribution in [3.63, 3.8) is 0 Å². The van der Waals surface area contributed by atoms with Crippen LogP contribution in [-0.2, 0) is 21.4 Å². The SMILES string of the molecule is CCCCc1ccc(N2C(=O)C(=O)/C(=C(/O)c3cc(C(C)(C)C)ccc3OC)C2c2ccccn2)cc1. The maximum atomic E-state index is 13.5. The average molecular weight is 499 g/mol. The molecule has 0 radical (unpaired) electrons. The smallest absolute Gasteiger partial charge is 0.300 e. The van der Waals surface area contributed by atoms with E-state index in [0.29, 0.717) is 22.7 Å². The number of aromatic nitrogens is 1. The average Bonchev–Trinajstić information content (AvgIpc) is 3.17. The van der Waals surface area contributed by atoms with Crippen molar-refractivity contribution in [2.75, 3.05) is 12.0 Å². The quantitative estimate of drug-likeness (QED) is 0.233. The fourth-order valence-electron chi connectivity index (χ4n) is 4.63. The summed E-state index contributed by atoms with van der Waals surface area (Å²) in [6.45, 7) is 8.34. The van der Waals surface area contributed by atoms with Crippen molar-refractivity contribution in [2.45, 2.75) is 58.4 Å². The van der Waals surface area contributed by atoms with Crippen molar-refractivity contribution in [2.24, 2.45) is 0 Å². The fraction of sp³-hybridized carbons (Fsp3) is 0.323. The number of hydrogen-bond donors (Lipinski definition) is 1. The molecule has 3 aromatic rings. The number of aliphatic hydroxyl groups excluding tert-OH is 1. The molecule has 1 N–H and O–H groups in total. The maximum Gasteiger partial charge on any atom is 0.300 e. The Bertz CT molecular complexity index is 1320. The number of ketones is 1. The Kier molecular flexibility index (Phi) is 7.48. The van der Waals surface area contributed by atoms with E-state index in [0.717, 1.165) is 24.8 Å². The molecule has 6 nitrogen and oxygen atoms in total. The number of Topliss-reactive ketones (excluding diaryl/α,β-unsaturated/α-hetero) is 1. The summed E-state index contributed by atoms with van der Waals surface area (Å²) >= 11 is 0. The molecule has 1 unspecified atom stereocenters. The largest absolute Gasteiger partial charge is 0.507 e. The molecule has 0 aliphatic carbocycles. The Morgan fingerprint density at radius 1 is 1.05 bits per heavy atom. The Labute approximate surface area is 218 Å². The van der Waals surface area contributed by atoms with Gasteiger partial charge in [-0.2, -0.15) is 0 Å². The normalized spacial score (nSPS) is 17.3. The van der Waals surface area contributed by atoms with Gasteiger partial charge in [-0.1, -0.05) is 58.4 Å². The lowest BCUT2D eigenvalue weighted by Crippen LogP contribution is -2.29. The number of unbranched alkanes of at least 4 members (excludes halogenated alkanes) is 1. The summed E-state index contributed by atoms with van der Waals surface area (Å²) in [4.78, 5) is 32.8. The summed E-state index contributed by atoms with van der Waals surface area (Å²) in [6, 6.07) is 17.7. The molecule has 2 aromatic carbocycles. The zero-order valence-electron chi connectivity index (χ0n) is 22.1. The molecule has 37 heavy (non-hydrogen) atoms. The molecule has 1 saturated heterocycles. The lowest BCUT2D eigenvalue weighted by atomic mass is 9.85. The van der Waals surface area contributed by atoms with Crippen LogP contribution in [0.15, 0.2) is 72.4 Å². The van der Waals surface area contributed by atoms with Gasteiger partial charge in [0.15, 0.2) is 0 Å². The van der Waals surface area contributed by atoms with E-state index in [2.05, 4.69) is 32.7 Å². The maximum absolute atomic E-state index is 13.5. The third-order valence-corrected chi connectivity index (χ3v) is 6.77. The molecule has 1 atom stereocenters. The van der Waals surface area contributed by atoms with Crippen molar-refractivity contribution in [3.8, 4) is 5.75 Å². The second kappa shape index (κ2) is 10.6. The second-order valence-corrected chi connectivity index (χ2v) is 10.4. The van der Waals surface area contributed by atoms with E-state index in [9.17, 15) is 14.7 Å². The van der Waals surface area contributed by atoms with Gasteiger partial charge in [0, 0.05) is 11.9 Å². The Hall–Kier alpha value is -3.93. The van der Waals surface area contributed by atoms with Crippen molar-refractivity contribution in [1.82, 2.24) is 4.98 Å². The third kappa shape index (κ3) is 5.15. The predicted octanol–water partition coefficient (Wildman–Crippen LogP) is 6.36. The predicted molar refractivity (Wildman–Crippen MR) is 146 cm³/mol. The molecule has 1 amide bonds. The van der Waals surface area contributed by atoms with E-state index in [1.54, 1.807) is 30.5 Å². The molecule has 0 bridgehead atoms. The number of rotatable bonds is 7. The summed E-state index contributed by atoms with van der Waals surface area (Å²) in [5, 5.41) is 11.6. The topological polar surface area (TPSA) is 79.7 Å². The Balaban J connectivity index is 1.90. The minimum absolute atomic E-state index is 0.0110. The minimum atomic E-state index is -0.884. The molecule has 2 heterocycles. The van der Waals surface area contributed by atoms with Crippen molar-refractivity contribution >= 4 is 23.1 Å². The minimum Gasteiger partial charge on any atom is -0.507 e. The van der Waals surface area contributed by atoms with Crippen LogP contribution in [0.25, 0.3) is 5.76 Å². The molecule has 0 spiro atoms. The van der Waals surface area contributed by atoms with Crippen LogP contribution in [0.1, 0.15) is 69.0 Å². The molecular weight excluding hydrogens is 464 g/mol. The van der Waals surface area contributed by atoms with Crippen LogP contribution in [0, 0.1) is 0 Å². The number of hydrogen-bond acceptors (Lipinski definition) is 5. The lowest BCUT2D eigenvalue weighted by molar-refractivity contribution is -0.132. The summed E-state index contributed by atoms with van der Waals surface area (Å²) in [6.07, 6.45) is 4.73. The molecule has 1 aromatic heterocycles. The standard InChI is InChI=1S/C31H34N2O4/c1-6-7-10-20-12-15-22(16-13-20)33-27(24-11-8-9-18-32-24)26(29(35)30(33)36)28(34)23-19-21(31(2,3)4)14-17-25(23)37-5/h8-9,11-19,27,34H,6-7,10H2,1-5H3/b28-26+. The van der Waals surface area contributed by atoms with Gasteiger partial charge in [0.25, 0.3) is 11.7 Å². The van der Waals surface area contributed by atoms with Gasteiger partial charge in [-0.3, -0.25) is 19.5 Å². The van der Waals surface area contributed by atoms with Gasteiger partial charge in [-0.25, -0.2) is 0 Å². The van der Waals surface area contributed by atoms with E-state index < -0.39 is 17.7 Å². The van der Waals surface area contributed by atoms with Gasteiger partial charge in [-0.15, -0.1) is 0 Å². The summed E-state index contributed by atoms with van der Waals surface area (Å²) in [7, 11) is 1.51. The molecule has 6 heteroatoms. The number of nitrogens with zero attached hydrogens (tertiary/aromatic N) is 2. The summed E-state index contributed by atoms with van der Waals surface area (Å²) in [5.41, 5.74) is 3.35. The zero-order valence-corrected chi connectivity index (χ0v) is 22.1. The van der Waals surface area contributed by atoms with E-state index in [1.165, 1.54) is 17.6 Å². The highest BCUT2D eigenvalue weighted by atomic mass is 16.5. The molecular formula is C31H34N2O4. The van der Waals surface area contributed by atoms with Crippen LogP contribution in [-0.4, -0.2) is 28.9 Å². The van der Waals surface area contributed by atoms with Gasteiger partial charge in [0.05, 0.1) is 23.9 Å². The number of carbonyl (C=O) groups excluding carboxylic acids is 2. The molecule has 0 saturated carbocycles. The van der Waals surface area contributed by atoms with E-state index in [4.69, 9.17) is 4.74 Å². The second-order valence-electron chi connectivity index (χ2n) is 10.4. The van der Waals surface area contributed by atoms with Crippen molar-refractivity contribution in [3.05, 3.63) is 94.8 Å². The van der Waals surface area contributed by atoms with Gasteiger partial charge in [0.1, 0.15) is 17.6 Å². The van der Waals surface area contributed by atoms with Gasteiger partial charge >= 0.3 is 0 Å². The number of carbonyl (C=O) groups is 2. The van der Waals surface area contributed by atoms with Crippen molar-refractivity contribution < 1.29 is 19.4 Å². The highest BCUT2D eigenvalue weighted by Crippen LogP contribution is 2.43. The van der Waals surface area contributed by atoms with Gasteiger partial charge in [0.2, 0.25) is 0 Å². The Morgan fingerprint density at radius 2 is 1.78 bits per heavy atom. The number of anilines is 1. The number of amides is 1. The van der Waals surface area contributed by atoms with Crippen LogP contribution < -0.4 is 9.64 Å². The highest BCUT2D eigenvalue weighted by molar-refractivity contribution is 6.51. The number of methoxy groups -OCH3 is 1. The number of pyridine rings is 1. The molecule has 1 fully saturated rings. The number of ether oxygens (including phenoxy) is 1. The first-order valence-electron chi connectivity index (χ1n) is 12.7. The van der Waals surface area contributed by atoms with E-state index >= 15 is 0 Å². The number of aryl methyl sites for hydroxylation is 1. The van der Waals surface area contributed by atoms with Crippen molar-refractivity contribution in [1.29, 1.82) is 0 Å². The van der Waals surface area contributed by atoms with Gasteiger partial charge < -0.3 is 9.84 Å². The fourth-order valence-corrected chi connectivity index (χ4v) is 4.63. The van der Waals surface area contributed by atoms with Crippen LogP contribution >= 0.6 is 0 Å². The van der Waals surface area contributed by atoms with Crippen LogP contribution in [0.4, 0.5) is 5.69 Å². The highest BCUT2D eigenvalue weighted by Gasteiger charge is 2.48. The summed E-state index contributed by atoms with van der Waals surface area (Å²) < 4.78 is 5.53.